The number of carbonyl (C=O) groups is 2. The lowest BCUT2D eigenvalue weighted by Crippen LogP contribution is -2.49. The summed E-state index contributed by atoms with van der Waals surface area (Å²) < 4.78 is 44.8. The van der Waals surface area contributed by atoms with Crippen molar-refractivity contribution in [2.75, 3.05) is 24.2 Å². The standard InChI is InChI=1S/C27H36FN3O5S/c1-20(27(33)29-23-8-4-5-9-23)30(19-21-13-15-22(28)16-14-21)26(32)12-7-17-31(37(3,34)35)24-10-6-11-25(18-24)36-2/h6,10-11,13-16,18,20,23H,4-5,7-9,12,17,19H2,1-3H3,(H,29,33)/t20-/m0/s1. The number of carbonyl (C=O) groups excluding carboxylic acids is 2. The molecule has 1 N–H and O–H groups in total. The summed E-state index contributed by atoms with van der Waals surface area (Å²) in [5, 5.41) is 3.04. The summed E-state index contributed by atoms with van der Waals surface area (Å²) in [6.45, 7) is 1.92. The van der Waals surface area contributed by atoms with Crippen molar-refractivity contribution < 1.29 is 27.1 Å². The number of hydrogen-bond donors (Lipinski definition) is 1. The predicted molar refractivity (Wildman–Crippen MR) is 141 cm³/mol. The molecule has 0 saturated heterocycles. The summed E-state index contributed by atoms with van der Waals surface area (Å²) in [6.07, 6.45) is 5.40. The topological polar surface area (TPSA) is 96.0 Å². The molecular formula is C27H36FN3O5S. The third-order valence-electron chi connectivity index (χ3n) is 6.63. The van der Waals surface area contributed by atoms with Gasteiger partial charge in [-0.05, 0) is 56.0 Å². The molecule has 0 aromatic heterocycles. The van der Waals surface area contributed by atoms with Crippen LogP contribution in [0.1, 0.15) is 51.0 Å². The van der Waals surface area contributed by atoms with E-state index in [0.717, 1.165) is 31.9 Å². The highest BCUT2D eigenvalue weighted by molar-refractivity contribution is 7.92. The second-order valence-electron chi connectivity index (χ2n) is 9.45. The van der Waals surface area contributed by atoms with Crippen LogP contribution in [0, 0.1) is 5.82 Å². The van der Waals surface area contributed by atoms with Crippen molar-refractivity contribution in [1.82, 2.24) is 10.2 Å². The number of halogens is 1. The Morgan fingerprint density at radius 3 is 2.43 bits per heavy atom. The second kappa shape index (κ2) is 12.9. The molecule has 0 unspecified atom stereocenters. The van der Waals surface area contributed by atoms with Gasteiger partial charge in [0, 0.05) is 31.6 Å². The van der Waals surface area contributed by atoms with E-state index in [1.165, 1.54) is 28.4 Å². The van der Waals surface area contributed by atoms with Gasteiger partial charge in [-0.3, -0.25) is 13.9 Å². The smallest absolute Gasteiger partial charge is 0.242 e. The van der Waals surface area contributed by atoms with Crippen LogP contribution in [0.4, 0.5) is 10.1 Å². The first-order valence-electron chi connectivity index (χ1n) is 12.5. The Morgan fingerprint density at radius 1 is 1.14 bits per heavy atom. The van der Waals surface area contributed by atoms with Crippen molar-refractivity contribution in [3.63, 3.8) is 0 Å². The number of ether oxygens (including phenoxy) is 1. The van der Waals surface area contributed by atoms with E-state index < -0.39 is 16.1 Å². The number of sulfonamides is 1. The molecule has 0 radical (unpaired) electrons. The van der Waals surface area contributed by atoms with Gasteiger partial charge in [-0.1, -0.05) is 31.0 Å². The Labute approximate surface area is 218 Å². The minimum atomic E-state index is -3.60. The zero-order valence-electron chi connectivity index (χ0n) is 21.7. The largest absolute Gasteiger partial charge is 0.497 e. The van der Waals surface area contributed by atoms with Crippen molar-refractivity contribution in [2.45, 2.75) is 64.1 Å². The Hall–Kier alpha value is -3.14. The van der Waals surface area contributed by atoms with E-state index in [0.29, 0.717) is 17.0 Å². The van der Waals surface area contributed by atoms with Crippen LogP contribution in [0.2, 0.25) is 0 Å². The molecular weight excluding hydrogens is 497 g/mol. The van der Waals surface area contributed by atoms with Gasteiger partial charge in [-0.2, -0.15) is 0 Å². The Bertz CT molecular complexity index is 1170. The summed E-state index contributed by atoms with van der Waals surface area (Å²) >= 11 is 0. The number of hydrogen-bond acceptors (Lipinski definition) is 5. The van der Waals surface area contributed by atoms with Crippen LogP contribution in [0.15, 0.2) is 48.5 Å². The molecule has 10 heteroatoms. The number of benzene rings is 2. The normalized spacial score (nSPS) is 14.7. The third kappa shape index (κ3) is 8.18. The molecule has 2 aromatic carbocycles. The van der Waals surface area contributed by atoms with Crippen LogP contribution in [0.5, 0.6) is 5.75 Å². The number of rotatable bonds is 12. The van der Waals surface area contributed by atoms with Gasteiger partial charge in [0.25, 0.3) is 0 Å². The van der Waals surface area contributed by atoms with Gasteiger partial charge in [0.15, 0.2) is 0 Å². The highest BCUT2D eigenvalue weighted by Gasteiger charge is 2.28. The van der Waals surface area contributed by atoms with Gasteiger partial charge in [0.05, 0.1) is 19.1 Å². The summed E-state index contributed by atoms with van der Waals surface area (Å²) in [4.78, 5) is 27.8. The van der Waals surface area contributed by atoms with Crippen LogP contribution in [-0.4, -0.2) is 57.1 Å². The molecule has 1 aliphatic carbocycles. The zero-order valence-corrected chi connectivity index (χ0v) is 22.5. The van der Waals surface area contributed by atoms with Crippen molar-refractivity contribution in [3.8, 4) is 5.75 Å². The fourth-order valence-corrected chi connectivity index (χ4v) is 5.49. The number of nitrogens with zero attached hydrogens (tertiary/aromatic N) is 2. The average molecular weight is 534 g/mol. The van der Waals surface area contributed by atoms with Crippen LogP contribution in [0.25, 0.3) is 0 Å². The van der Waals surface area contributed by atoms with E-state index in [4.69, 9.17) is 4.74 Å². The van der Waals surface area contributed by atoms with Crippen molar-refractivity contribution in [1.29, 1.82) is 0 Å². The zero-order chi connectivity index (χ0) is 27.0. The van der Waals surface area contributed by atoms with Crippen molar-refractivity contribution >= 4 is 27.5 Å². The molecule has 2 amide bonds. The summed E-state index contributed by atoms with van der Waals surface area (Å²) in [7, 11) is -2.10. The van der Waals surface area contributed by atoms with Crippen molar-refractivity contribution in [2.24, 2.45) is 0 Å². The molecule has 0 bridgehead atoms. The molecule has 1 atom stereocenters. The fourth-order valence-electron chi connectivity index (χ4n) is 4.53. The van der Waals surface area contributed by atoms with Gasteiger partial charge in [-0.15, -0.1) is 0 Å². The van der Waals surface area contributed by atoms with Gasteiger partial charge in [0.1, 0.15) is 17.6 Å². The van der Waals surface area contributed by atoms with E-state index >= 15 is 0 Å². The predicted octanol–water partition coefficient (Wildman–Crippen LogP) is 3.86. The highest BCUT2D eigenvalue weighted by atomic mass is 32.2. The third-order valence-corrected chi connectivity index (χ3v) is 7.82. The second-order valence-corrected chi connectivity index (χ2v) is 11.4. The first-order valence-corrected chi connectivity index (χ1v) is 14.4. The lowest BCUT2D eigenvalue weighted by Gasteiger charge is -2.30. The number of anilines is 1. The van der Waals surface area contributed by atoms with Gasteiger partial charge in [0.2, 0.25) is 21.8 Å². The molecule has 37 heavy (non-hydrogen) atoms. The average Bonchev–Trinajstić information content (AvgIpc) is 3.38. The monoisotopic (exact) mass is 533 g/mol. The number of nitrogens with one attached hydrogen (secondary N) is 1. The quantitative estimate of drug-likeness (QED) is 0.447. The maximum atomic E-state index is 13.4. The summed E-state index contributed by atoms with van der Waals surface area (Å²) in [5.41, 5.74) is 1.14. The fraction of sp³-hybridized carbons (Fsp3) is 0.481. The first kappa shape index (κ1) is 28.4. The summed E-state index contributed by atoms with van der Waals surface area (Å²) in [6, 6.07) is 11.9. The molecule has 0 aliphatic heterocycles. The van der Waals surface area contributed by atoms with E-state index in [1.54, 1.807) is 43.3 Å². The van der Waals surface area contributed by atoms with Crippen LogP contribution in [-0.2, 0) is 26.2 Å². The highest BCUT2D eigenvalue weighted by Crippen LogP contribution is 2.24. The first-order chi connectivity index (χ1) is 17.6. The Morgan fingerprint density at radius 2 is 1.81 bits per heavy atom. The molecule has 1 fully saturated rings. The number of methoxy groups -OCH3 is 1. The molecule has 0 heterocycles. The Kier molecular flexibility index (Phi) is 9.91. The van der Waals surface area contributed by atoms with Crippen LogP contribution >= 0.6 is 0 Å². The molecule has 0 spiro atoms. The molecule has 1 aliphatic rings. The van der Waals surface area contributed by atoms with Gasteiger partial charge >= 0.3 is 0 Å². The van der Waals surface area contributed by atoms with E-state index in [9.17, 15) is 22.4 Å². The van der Waals surface area contributed by atoms with Gasteiger partial charge in [-0.25, -0.2) is 12.8 Å². The lowest BCUT2D eigenvalue weighted by atomic mass is 10.1. The maximum absolute atomic E-state index is 13.4. The summed E-state index contributed by atoms with van der Waals surface area (Å²) in [5.74, 6) is -0.365. The maximum Gasteiger partial charge on any atom is 0.242 e. The SMILES string of the molecule is COc1cccc(N(CCCC(=O)N(Cc2ccc(F)cc2)[C@@H](C)C(=O)NC2CCCC2)S(C)(=O)=O)c1. The Balaban J connectivity index is 1.71. The molecule has 1 saturated carbocycles. The minimum absolute atomic E-state index is 0.0399. The van der Waals surface area contributed by atoms with Gasteiger partial charge < -0.3 is 15.0 Å². The van der Waals surface area contributed by atoms with Crippen molar-refractivity contribution in [3.05, 3.63) is 59.9 Å². The molecule has 3 rings (SSSR count). The van der Waals surface area contributed by atoms with E-state index in [2.05, 4.69) is 5.32 Å². The lowest BCUT2D eigenvalue weighted by molar-refractivity contribution is -0.141. The number of amides is 2. The van der Waals surface area contributed by atoms with E-state index in [1.807, 2.05) is 0 Å². The van der Waals surface area contributed by atoms with Crippen LogP contribution < -0.4 is 14.4 Å². The molecule has 8 nitrogen and oxygen atoms in total. The molecule has 202 valence electrons. The van der Waals surface area contributed by atoms with Crippen LogP contribution in [0.3, 0.4) is 0 Å². The van der Waals surface area contributed by atoms with E-state index in [-0.39, 0.29) is 49.6 Å². The molecule has 2 aromatic rings. The minimum Gasteiger partial charge on any atom is -0.497 e.